The Hall–Kier alpha value is -2.98. The molecule has 0 radical (unpaired) electrons. The minimum Gasteiger partial charge on any atom is -0.207 e. The minimum atomic E-state index is -2.70. The molecule has 0 nitrogen and oxygen atoms in total. The summed E-state index contributed by atoms with van der Waals surface area (Å²) in [5.74, 6) is -19.2. The van der Waals surface area contributed by atoms with Crippen molar-refractivity contribution in [1.82, 2.24) is 0 Å². The van der Waals surface area contributed by atoms with E-state index >= 15 is 0 Å². The second kappa shape index (κ2) is 8.18. The molecule has 0 bridgehead atoms. The molecular weight excluding hydrogens is 453 g/mol. The summed E-state index contributed by atoms with van der Waals surface area (Å²) in [6.07, 6.45) is 0. The number of hydrogen-bond acceptors (Lipinski definition) is 0. The van der Waals surface area contributed by atoms with Crippen LogP contribution < -0.4 is 16.4 Å². The highest BCUT2D eigenvalue weighted by molar-refractivity contribution is 6.96. The molecule has 0 saturated carbocycles. The van der Waals surface area contributed by atoms with Crippen molar-refractivity contribution in [3.8, 4) is 0 Å². The Balaban J connectivity index is 2.60. The monoisotopic (exact) mass is 464 g/mol. The molecule has 0 heterocycles. The first-order valence-electron chi connectivity index (χ1n) is 8.91. The maximum Gasteiger partial charge on any atom is 0.257 e. The minimum absolute atomic E-state index is 0.321. The van der Waals surface area contributed by atoms with Crippen molar-refractivity contribution in [3.63, 3.8) is 0 Å². The van der Waals surface area contributed by atoms with Gasteiger partial charge in [0.1, 0.15) is 11.6 Å². The molecule has 0 aliphatic carbocycles. The van der Waals surface area contributed by atoms with Crippen LogP contribution in [-0.4, -0.2) is 6.71 Å². The lowest BCUT2D eigenvalue weighted by atomic mass is 9.35. The smallest absolute Gasteiger partial charge is 0.207 e. The molecule has 11 heteroatoms. The van der Waals surface area contributed by atoms with E-state index in [0.29, 0.717) is 26.0 Å². The predicted molar refractivity (Wildman–Crippen MR) is 97.8 cm³/mol. The van der Waals surface area contributed by atoms with Gasteiger partial charge in [0.05, 0.1) is 0 Å². The Morgan fingerprint density at radius 2 is 0.812 bits per heavy atom. The first-order chi connectivity index (χ1) is 14.8. The molecular formula is C21H11BF10. The highest BCUT2D eigenvalue weighted by Crippen LogP contribution is 2.22. The number of hydrogen-bond donors (Lipinski definition) is 0. The van der Waals surface area contributed by atoms with Gasteiger partial charge >= 0.3 is 0 Å². The van der Waals surface area contributed by atoms with Crippen LogP contribution in [0.15, 0.2) is 12.1 Å². The van der Waals surface area contributed by atoms with Crippen LogP contribution in [0.3, 0.4) is 0 Å². The number of rotatable bonds is 3. The molecule has 0 N–H and O–H groups in total. The summed E-state index contributed by atoms with van der Waals surface area (Å²) in [6, 6.07) is 0.702. The predicted octanol–water partition coefficient (Wildman–Crippen LogP) is 4.52. The van der Waals surface area contributed by atoms with Gasteiger partial charge in [0.2, 0.25) is 0 Å². The van der Waals surface area contributed by atoms with Gasteiger partial charge in [-0.25, -0.2) is 43.9 Å². The molecule has 0 aliphatic rings. The van der Waals surface area contributed by atoms with Crippen LogP contribution in [0, 0.1) is 78.9 Å². The van der Waals surface area contributed by atoms with Crippen molar-refractivity contribution in [2.75, 3.05) is 0 Å². The van der Waals surface area contributed by atoms with Crippen LogP contribution in [0.2, 0.25) is 0 Å². The molecule has 0 fully saturated rings. The normalized spacial score (nSPS) is 11.3. The quantitative estimate of drug-likeness (QED) is 0.304. The first-order valence-corrected chi connectivity index (χ1v) is 8.91. The van der Waals surface area contributed by atoms with Crippen molar-refractivity contribution >= 4 is 23.1 Å². The summed E-state index contributed by atoms with van der Waals surface area (Å²) in [4.78, 5) is 0. The lowest BCUT2D eigenvalue weighted by Gasteiger charge is -2.22. The van der Waals surface area contributed by atoms with Gasteiger partial charge in [-0.1, -0.05) is 5.46 Å². The van der Waals surface area contributed by atoms with Gasteiger partial charge in [-0.15, -0.1) is 0 Å². The fourth-order valence-electron chi connectivity index (χ4n) is 3.44. The fraction of sp³-hybridized carbons (Fsp3) is 0.143. The molecule has 0 aliphatic heterocycles. The lowest BCUT2D eigenvalue weighted by Crippen LogP contribution is -2.59. The summed E-state index contributed by atoms with van der Waals surface area (Å²) in [5.41, 5.74) is -7.27. The van der Waals surface area contributed by atoms with Crippen LogP contribution in [0.5, 0.6) is 0 Å². The molecule has 0 saturated heterocycles. The van der Waals surface area contributed by atoms with Gasteiger partial charge in [0.25, 0.3) is 6.71 Å². The number of benzene rings is 3. The van der Waals surface area contributed by atoms with Gasteiger partial charge < -0.3 is 0 Å². The van der Waals surface area contributed by atoms with Gasteiger partial charge in [0.15, 0.2) is 46.5 Å². The first kappa shape index (κ1) is 23.7. The molecule has 0 amide bonds. The molecule has 0 unspecified atom stereocenters. The highest BCUT2D eigenvalue weighted by Gasteiger charge is 2.40. The third-order valence-corrected chi connectivity index (χ3v) is 5.27. The molecule has 0 aromatic heterocycles. The zero-order valence-electron chi connectivity index (χ0n) is 16.5. The van der Waals surface area contributed by atoms with E-state index in [-0.39, 0.29) is 0 Å². The van der Waals surface area contributed by atoms with E-state index in [4.69, 9.17) is 0 Å². The van der Waals surface area contributed by atoms with E-state index < -0.39 is 98.0 Å². The van der Waals surface area contributed by atoms with E-state index in [1.807, 2.05) is 0 Å². The average Bonchev–Trinajstić information content (AvgIpc) is 2.75. The second-order valence-electron chi connectivity index (χ2n) is 7.12. The van der Waals surface area contributed by atoms with E-state index in [0.717, 1.165) is 6.92 Å². The topological polar surface area (TPSA) is 0 Å². The standard InChI is InChI=1S/C21H11BF10/c1-6-10(4-9(23)5-11(6)24)22(12-18(29)14(25)7(2)15(26)19(12)30)13-20(31)16(27)8(3)17(28)21(13)32/h4-5H,1-3H3. The Morgan fingerprint density at radius 1 is 0.469 bits per heavy atom. The summed E-state index contributed by atoms with van der Waals surface area (Å²) in [6.45, 7) is -0.469. The van der Waals surface area contributed by atoms with Crippen molar-refractivity contribution in [1.29, 1.82) is 0 Å². The Labute approximate surface area is 175 Å². The molecule has 0 atom stereocenters. The van der Waals surface area contributed by atoms with Crippen molar-refractivity contribution < 1.29 is 43.9 Å². The third-order valence-electron chi connectivity index (χ3n) is 5.27. The largest absolute Gasteiger partial charge is 0.257 e. The molecule has 3 aromatic rings. The van der Waals surface area contributed by atoms with Crippen LogP contribution in [0.1, 0.15) is 16.7 Å². The number of halogens is 10. The van der Waals surface area contributed by atoms with E-state index in [9.17, 15) is 43.9 Å². The van der Waals surface area contributed by atoms with E-state index in [1.165, 1.54) is 0 Å². The van der Waals surface area contributed by atoms with Gasteiger partial charge in [0, 0.05) is 28.1 Å². The van der Waals surface area contributed by atoms with Crippen LogP contribution >= 0.6 is 0 Å². The van der Waals surface area contributed by atoms with Gasteiger partial charge in [-0.2, -0.15) is 0 Å². The SMILES string of the molecule is Cc1c(F)cc(F)cc1B(c1c(F)c(F)c(C)c(F)c1F)c1c(F)c(F)c(C)c(F)c1F. The maximum atomic E-state index is 14.8. The summed E-state index contributed by atoms with van der Waals surface area (Å²) in [5, 5.41) is 0. The van der Waals surface area contributed by atoms with E-state index in [1.54, 1.807) is 0 Å². The van der Waals surface area contributed by atoms with Crippen molar-refractivity contribution in [2.24, 2.45) is 0 Å². The van der Waals surface area contributed by atoms with Gasteiger partial charge in [-0.05, 0) is 32.4 Å². The zero-order valence-corrected chi connectivity index (χ0v) is 16.5. The third kappa shape index (κ3) is 3.43. The second-order valence-corrected chi connectivity index (χ2v) is 7.12. The summed E-state index contributed by atoms with van der Waals surface area (Å²) < 4.78 is 144. The Bertz CT molecular complexity index is 1140. The fourth-order valence-corrected chi connectivity index (χ4v) is 3.44. The van der Waals surface area contributed by atoms with E-state index in [2.05, 4.69) is 0 Å². The maximum absolute atomic E-state index is 14.8. The highest BCUT2D eigenvalue weighted by atomic mass is 19.2. The summed E-state index contributed by atoms with van der Waals surface area (Å²) >= 11 is 0. The van der Waals surface area contributed by atoms with Crippen molar-refractivity contribution in [3.05, 3.63) is 87.0 Å². The molecule has 3 rings (SSSR count). The Morgan fingerprint density at radius 3 is 1.16 bits per heavy atom. The molecule has 32 heavy (non-hydrogen) atoms. The molecule has 3 aromatic carbocycles. The Kier molecular flexibility index (Phi) is 6.05. The summed E-state index contributed by atoms with van der Waals surface area (Å²) in [7, 11) is 0. The van der Waals surface area contributed by atoms with Crippen LogP contribution in [0.4, 0.5) is 43.9 Å². The lowest BCUT2D eigenvalue weighted by molar-refractivity contribution is 0.450. The van der Waals surface area contributed by atoms with Gasteiger partial charge in [-0.3, -0.25) is 0 Å². The van der Waals surface area contributed by atoms with Crippen LogP contribution in [-0.2, 0) is 0 Å². The molecule has 0 spiro atoms. The van der Waals surface area contributed by atoms with Crippen molar-refractivity contribution in [2.45, 2.75) is 20.8 Å². The zero-order chi connectivity index (χ0) is 24.2. The molecule has 168 valence electrons. The van der Waals surface area contributed by atoms with Crippen LogP contribution in [0.25, 0.3) is 0 Å². The average molecular weight is 464 g/mol.